The molecule has 3 atom stereocenters. The molecule has 2 heteroatoms. The van der Waals surface area contributed by atoms with Crippen molar-refractivity contribution in [1.82, 2.24) is 0 Å². The molecule has 0 aromatic heterocycles. The first-order valence-electron chi connectivity index (χ1n) is 6.09. The minimum atomic E-state index is 0.278. The highest BCUT2D eigenvalue weighted by atomic mass is 16.5. The Hall–Kier alpha value is -0.0800. The molecular formula is C12H25NO. The zero-order valence-electron chi connectivity index (χ0n) is 9.67. The molecule has 0 radical (unpaired) electrons. The van der Waals surface area contributed by atoms with Crippen LogP contribution < -0.4 is 5.73 Å². The molecule has 0 aliphatic heterocycles. The van der Waals surface area contributed by atoms with Crippen molar-refractivity contribution in [1.29, 1.82) is 0 Å². The molecule has 2 N–H and O–H groups in total. The predicted octanol–water partition coefficient (Wildman–Crippen LogP) is 2.71. The maximum Gasteiger partial charge on any atom is 0.0577 e. The van der Waals surface area contributed by atoms with Crippen LogP contribution in [0.25, 0.3) is 0 Å². The summed E-state index contributed by atoms with van der Waals surface area (Å²) in [6.45, 7) is 5.17. The molecule has 0 spiro atoms. The van der Waals surface area contributed by atoms with Crippen LogP contribution in [0, 0.1) is 5.92 Å². The molecule has 0 aromatic carbocycles. The summed E-state index contributed by atoms with van der Waals surface area (Å²) in [7, 11) is 0. The fraction of sp³-hybridized carbons (Fsp3) is 1.00. The van der Waals surface area contributed by atoms with Crippen molar-refractivity contribution in [3.63, 3.8) is 0 Å². The Bertz CT molecular complexity index is 147. The van der Waals surface area contributed by atoms with Crippen LogP contribution in [-0.4, -0.2) is 18.8 Å². The number of hydrogen-bond acceptors (Lipinski definition) is 2. The molecule has 1 aliphatic carbocycles. The summed E-state index contributed by atoms with van der Waals surface area (Å²) in [5.41, 5.74) is 5.68. The largest absolute Gasteiger partial charge is 0.378 e. The van der Waals surface area contributed by atoms with E-state index in [4.69, 9.17) is 10.5 Å². The maximum absolute atomic E-state index is 5.85. The highest BCUT2D eigenvalue weighted by molar-refractivity contribution is 4.72. The Balaban J connectivity index is 2.11. The van der Waals surface area contributed by atoms with Crippen LogP contribution in [0.5, 0.6) is 0 Å². The molecule has 14 heavy (non-hydrogen) atoms. The fourth-order valence-corrected chi connectivity index (χ4v) is 2.18. The number of rotatable bonds is 5. The first-order valence-corrected chi connectivity index (χ1v) is 6.09. The molecule has 1 saturated carbocycles. The maximum atomic E-state index is 5.85. The number of ether oxygens (including phenoxy) is 1. The smallest absolute Gasteiger partial charge is 0.0577 e. The van der Waals surface area contributed by atoms with Gasteiger partial charge in [-0.3, -0.25) is 0 Å². The van der Waals surface area contributed by atoms with E-state index in [0.717, 1.165) is 18.9 Å². The van der Waals surface area contributed by atoms with Gasteiger partial charge in [-0.05, 0) is 32.1 Å². The van der Waals surface area contributed by atoms with E-state index in [1.54, 1.807) is 0 Å². The Kier molecular flexibility index (Phi) is 5.49. The summed E-state index contributed by atoms with van der Waals surface area (Å²) in [5, 5.41) is 0. The zero-order chi connectivity index (χ0) is 10.4. The van der Waals surface area contributed by atoms with Crippen molar-refractivity contribution in [2.45, 2.75) is 64.5 Å². The van der Waals surface area contributed by atoms with Gasteiger partial charge in [0.15, 0.2) is 0 Å². The van der Waals surface area contributed by atoms with Gasteiger partial charge in [-0.15, -0.1) is 0 Å². The van der Waals surface area contributed by atoms with Gasteiger partial charge in [0.05, 0.1) is 6.10 Å². The van der Waals surface area contributed by atoms with Crippen LogP contribution in [0.4, 0.5) is 0 Å². The van der Waals surface area contributed by atoms with Crippen LogP contribution in [0.1, 0.15) is 52.4 Å². The Labute approximate surface area is 88.2 Å². The second-order valence-electron chi connectivity index (χ2n) is 4.70. The lowest BCUT2D eigenvalue weighted by atomic mass is 9.85. The molecule has 3 unspecified atom stereocenters. The monoisotopic (exact) mass is 199 g/mol. The van der Waals surface area contributed by atoms with Crippen LogP contribution in [-0.2, 0) is 4.74 Å². The minimum Gasteiger partial charge on any atom is -0.378 e. The molecule has 0 bridgehead atoms. The van der Waals surface area contributed by atoms with E-state index in [1.165, 1.54) is 32.1 Å². The van der Waals surface area contributed by atoms with Gasteiger partial charge in [0, 0.05) is 12.6 Å². The van der Waals surface area contributed by atoms with E-state index in [1.807, 2.05) is 6.92 Å². The van der Waals surface area contributed by atoms with Gasteiger partial charge in [0.1, 0.15) is 0 Å². The Morgan fingerprint density at radius 2 is 2.21 bits per heavy atom. The molecule has 1 rings (SSSR count). The molecule has 0 amide bonds. The third-order valence-electron chi connectivity index (χ3n) is 3.24. The van der Waals surface area contributed by atoms with Crippen molar-refractivity contribution >= 4 is 0 Å². The SMILES string of the molecule is CCC1CCCC(OCCC(C)N)C1. The second kappa shape index (κ2) is 6.41. The van der Waals surface area contributed by atoms with E-state index in [2.05, 4.69) is 6.92 Å². The summed E-state index contributed by atoms with van der Waals surface area (Å²) < 4.78 is 5.85. The van der Waals surface area contributed by atoms with Crippen molar-refractivity contribution in [3.8, 4) is 0 Å². The lowest BCUT2D eigenvalue weighted by Crippen LogP contribution is -2.25. The lowest BCUT2D eigenvalue weighted by Gasteiger charge is -2.28. The average Bonchev–Trinajstić information content (AvgIpc) is 2.18. The third kappa shape index (κ3) is 4.43. The molecule has 0 saturated heterocycles. The molecule has 1 aliphatic rings. The van der Waals surface area contributed by atoms with Crippen molar-refractivity contribution < 1.29 is 4.74 Å². The first kappa shape index (κ1) is 12.0. The van der Waals surface area contributed by atoms with Gasteiger partial charge in [0.2, 0.25) is 0 Å². The molecule has 2 nitrogen and oxygen atoms in total. The summed E-state index contributed by atoms with van der Waals surface area (Å²) in [6, 6.07) is 0.278. The van der Waals surface area contributed by atoms with Gasteiger partial charge >= 0.3 is 0 Å². The van der Waals surface area contributed by atoms with Crippen LogP contribution >= 0.6 is 0 Å². The van der Waals surface area contributed by atoms with Gasteiger partial charge in [-0.1, -0.05) is 26.2 Å². The van der Waals surface area contributed by atoms with Crippen LogP contribution in [0.3, 0.4) is 0 Å². The molecule has 0 heterocycles. The summed E-state index contributed by atoms with van der Waals surface area (Å²) in [5.74, 6) is 0.907. The average molecular weight is 199 g/mol. The van der Waals surface area contributed by atoms with Crippen molar-refractivity contribution in [2.75, 3.05) is 6.61 Å². The second-order valence-corrected chi connectivity index (χ2v) is 4.70. The van der Waals surface area contributed by atoms with Gasteiger partial charge in [0.25, 0.3) is 0 Å². The zero-order valence-corrected chi connectivity index (χ0v) is 9.67. The standard InChI is InChI=1S/C12H25NO/c1-3-11-5-4-6-12(9-11)14-8-7-10(2)13/h10-12H,3-9,13H2,1-2H3. The molecular weight excluding hydrogens is 174 g/mol. The van der Waals surface area contributed by atoms with Gasteiger partial charge in [-0.2, -0.15) is 0 Å². The van der Waals surface area contributed by atoms with E-state index >= 15 is 0 Å². The molecule has 0 aromatic rings. The summed E-state index contributed by atoms with van der Waals surface area (Å²) >= 11 is 0. The van der Waals surface area contributed by atoms with E-state index in [-0.39, 0.29) is 6.04 Å². The van der Waals surface area contributed by atoms with Crippen LogP contribution in [0.15, 0.2) is 0 Å². The van der Waals surface area contributed by atoms with Gasteiger partial charge in [-0.25, -0.2) is 0 Å². The number of nitrogens with two attached hydrogens (primary N) is 1. The number of hydrogen-bond donors (Lipinski definition) is 1. The summed E-state index contributed by atoms with van der Waals surface area (Å²) in [4.78, 5) is 0. The lowest BCUT2D eigenvalue weighted by molar-refractivity contribution is 0.00994. The van der Waals surface area contributed by atoms with E-state index < -0.39 is 0 Å². The normalized spacial score (nSPS) is 30.2. The highest BCUT2D eigenvalue weighted by Crippen LogP contribution is 2.28. The quantitative estimate of drug-likeness (QED) is 0.739. The Morgan fingerprint density at radius 3 is 2.86 bits per heavy atom. The predicted molar refractivity (Wildman–Crippen MR) is 60.3 cm³/mol. The van der Waals surface area contributed by atoms with E-state index in [0.29, 0.717) is 6.10 Å². The molecule has 1 fully saturated rings. The minimum absolute atomic E-state index is 0.278. The fourth-order valence-electron chi connectivity index (χ4n) is 2.18. The van der Waals surface area contributed by atoms with Crippen molar-refractivity contribution in [2.24, 2.45) is 11.7 Å². The van der Waals surface area contributed by atoms with Crippen LogP contribution in [0.2, 0.25) is 0 Å². The van der Waals surface area contributed by atoms with Gasteiger partial charge < -0.3 is 10.5 Å². The molecule has 84 valence electrons. The topological polar surface area (TPSA) is 35.2 Å². The van der Waals surface area contributed by atoms with E-state index in [9.17, 15) is 0 Å². The summed E-state index contributed by atoms with van der Waals surface area (Å²) in [6.07, 6.45) is 8.11. The highest BCUT2D eigenvalue weighted by Gasteiger charge is 2.20. The first-order chi connectivity index (χ1) is 6.72. The Morgan fingerprint density at radius 1 is 1.43 bits per heavy atom. The van der Waals surface area contributed by atoms with Crippen molar-refractivity contribution in [3.05, 3.63) is 0 Å². The third-order valence-corrected chi connectivity index (χ3v) is 3.24.